The molecule has 0 bridgehead atoms. The van der Waals surface area contributed by atoms with Crippen LogP contribution in [0.15, 0.2) is 72.8 Å². The molecule has 0 radical (unpaired) electrons. The van der Waals surface area contributed by atoms with Crippen molar-refractivity contribution in [2.45, 2.75) is 33.1 Å². The SMILES string of the molecule is CCCc1cc(CC)c(OC(=O)c2ccccc2)c(OC(=O)c2ccccc2)c1. The van der Waals surface area contributed by atoms with Crippen LogP contribution < -0.4 is 9.47 Å². The molecule has 0 N–H and O–H groups in total. The Balaban J connectivity index is 1.98. The Hall–Kier alpha value is -3.40. The third-order valence-electron chi connectivity index (χ3n) is 4.53. The lowest BCUT2D eigenvalue weighted by Gasteiger charge is -2.16. The van der Waals surface area contributed by atoms with Gasteiger partial charge in [-0.25, -0.2) is 9.59 Å². The van der Waals surface area contributed by atoms with E-state index in [1.165, 1.54) is 0 Å². The lowest BCUT2D eigenvalue weighted by Crippen LogP contribution is -2.14. The number of rotatable bonds is 7. The minimum absolute atomic E-state index is 0.269. The van der Waals surface area contributed by atoms with Gasteiger partial charge in [-0.05, 0) is 54.3 Å². The summed E-state index contributed by atoms with van der Waals surface area (Å²) < 4.78 is 11.4. The highest BCUT2D eigenvalue weighted by atomic mass is 16.6. The average Bonchev–Trinajstić information content (AvgIpc) is 2.76. The van der Waals surface area contributed by atoms with Crippen molar-refractivity contribution >= 4 is 11.9 Å². The summed E-state index contributed by atoms with van der Waals surface area (Å²) >= 11 is 0. The van der Waals surface area contributed by atoms with E-state index < -0.39 is 11.9 Å². The highest BCUT2D eigenvalue weighted by molar-refractivity contribution is 5.93. The molecular formula is C25H24O4. The van der Waals surface area contributed by atoms with Crippen molar-refractivity contribution in [3.05, 3.63) is 95.1 Å². The Kier molecular flexibility index (Phi) is 6.80. The van der Waals surface area contributed by atoms with Gasteiger partial charge in [-0.3, -0.25) is 0 Å². The Morgan fingerprint density at radius 1 is 0.759 bits per heavy atom. The van der Waals surface area contributed by atoms with E-state index >= 15 is 0 Å². The summed E-state index contributed by atoms with van der Waals surface area (Å²) in [6, 6.07) is 21.3. The fraction of sp³-hybridized carbons (Fsp3) is 0.200. The van der Waals surface area contributed by atoms with E-state index in [0.29, 0.717) is 23.3 Å². The first-order valence-electron chi connectivity index (χ1n) is 9.82. The van der Waals surface area contributed by atoms with Gasteiger partial charge < -0.3 is 9.47 Å². The molecule has 4 nitrogen and oxygen atoms in total. The first-order valence-corrected chi connectivity index (χ1v) is 9.82. The Labute approximate surface area is 171 Å². The lowest BCUT2D eigenvalue weighted by atomic mass is 10.0. The molecule has 0 unspecified atom stereocenters. The first kappa shape index (κ1) is 20.3. The number of esters is 2. The monoisotopic (exact) mass is 388 g/mol. The third kappa shape index (κ3) is 5.11. The maximum atomic E-state index is 12.6. The van der Waals surface area contributed by atoms with E-state index in [1.807, 2.05) is 25.1 Å². The second-order valence-corrected chi connectivity index (χ2v) is 6.70. The van der Waals surface area contributed by atoms with Crippen molar-refractivity contribution in [3.8, 4) is 11.5 Å². The summed E-state index contributed by atoms with van der Waals surface area (Å²) in [6.45, 7) is 4.07. The summed E-state index contributed by atoms with van der Waals surface area (Å²) in [5, 5.41) is 0. The number of carbonyl (C=O) groups excluding carboxylic acids is 2. The van der Waals surface area contributed by atoms with Crippen LogP contribution in [0.3, 0.4) is 0 Å². The molecule has 29 heavy (non-hydrogen) atoms. The van der Waals surface area contributed by atoms with Crippen LogP contribution in [0.4, 0.5) is 0 Å². The normalized spacial score (nSPS) is 10.4. The predicted molar refractivity (Wildman–Crippen MR) is 113 cm³/mol. The van der Waals surface area contributed by atoms with Crippen molar-refractivity contribution in [1.82, 2.24) is 0 Å². The van der Waals surface area contributed by atoms with Crippen molar-refractivity contribution in [2.24, 2.45) is 0 Å². The molecule has 0 amide bonds. The molecule has 0 saturated carbocycles. The molecule has 3 aromatic rings. The van der Waals surface area contributed by atoms with Crippen LogP contribution in [0.25, 0.3) is 0 Å². The molecule has 0 heterocycles. The van der Waals surface area contributed by atoms with Crippen molar-refractivity contribution in [1.29, 1.82) is 0 Å². The number of benzene rings is 3. The fourth-order valence-electron chi connectivity index (χ4n) is 3.07. The second-order valence-electron chi connectivity index (χ2n) is 6.70. The van der Waals surface area contributed by atoms with E-state index in [-0.39, 0.29) is 5.75 Å². The molecule has 0 fully saturated rings. The van der Waals surface area contributed by atoms with Crippen molar-refractivity contribution in [2.75, 3.05) is 0 Å². The highest BCUT2D eigenvalue weighted by Crippen LogP contribution is 2.35. The third-order valence-corrected chi connectivity index (χ3v) is 4.53. The number of hydrogen-bond acceptors (Lipinski definition) is 4. The molecule has 0 aliphatic rings. The number of aryl methyl sites for hydroxylation is 2. The summed E-state index contributed by atoms with van der Waals surface area (Å²) in [5.74, 6) is -0.407. The minimum Gasteiger partial charge on any atom is -0.419 e. The van der Waals surface area contributed by atoms with Crippen LogP contribution in [0.2, 0.25) is 0 Å². The standard InChI is InChI=1S/C25H24O4/c1-3-11-18-16-19(4-2)23(29-25(27)21-14-9-6-10-15-21)22(17-18)28-24(26)20-12-7-5-8-13-20/h5-10,12-17H,3-4,11H2,1-2H3. The first-order chi connectivity index (χ1) is 14.1. The largest absolute Gasteiger partial charge is 0.419 e. The van der Waals surface area contributed by atoms with Crippen molar-refractivity contribution in [3.63, 3.8) is 0 Å². The highest BCUT2D eigenvalue weighted by Gasteiger charge is 2.20. The molecular weight excluding hydrogens is 364 g/mol. The van der Waals surface area contributed by atoms with Crippen LogP contribution in [-0.2, 0) is 12.8 Å². The summed E-state index contributed by atoms with van der Waals surface area (Å²) in [7, 11) is 0. The van der Waals surface area contributed by atoms with Crippen LogP contribution in [0, 0.1) is 0 Å². The summed E-state index contributed by atoms with van der Waals surface area (Å²) in [4.78, 5) is 25.3. The van der Waals surface area contributed by atoms with E-state index in [4.69, 9.17) is 9.47 Å². The average molecular weight is 388 g/mol. The quantitative estimate of drug-likeness (QED) is 0.388. The van der Waals surface area contributed by atoms with E-state index in [1.54, 1.807) is 54.6 Å². The Morgan fingerprint density at radius 2 is 1.31 bits per heavy atom. The van der Waals surface area contributed by atoms with Gasteiger partial charge in [0.2, 0.25) is 0 Å². The fourth-order valence-corrected chi connectivity index (χ4v) is 3.07. The number of carbonyl (C=O) groups is 2. The molecule has 3 aromatic carbocycles. The molecule has 0 aliphatic heterocycles. The zero-order valence-corrected chi connectivity index (χ0v) is 16.7. The van der Waals surface area contributed by atoms with Gasteiger partial charge in [0.25, 0.3) is 0 Å². The van der Waals surface area contributed by atoms with Gasteiger partial charge in [0.15, 0.2) is 11.5 Å². The zero-order valence-electron chi connectivity index (χ0n) is 16.7. The van der Waals surface area contributed by atoms with E-state index in [9.17, 15) is 9.59 Å². The van der Waals surface area contributed by atoms with E-state index in [0.717, 1.165) is 24.0 Å². The molecule has 148 valence electrons. The van der Waals surface area contributed by atoms with Crippen LogP contribution in [0.1, 0.15) is 52.1 Å². The molecule has 4 heteroatoms. The Bertz CT molecular complexity index is 978. The van der Waals surface area contributed by atoms with Gasteiger partial charge in [-0.1, -0.05) is 62.7 Å². The van der Waals surface area contributed by atoms with Crippen molar-refractivity contribution < 1.29 is 19.1 Å². The van der Waals surface area contributed by atoms with E-state index in [2.05, 4.69) is 6.92 Å². The summed E-state index contributed by atoms with van der Waals surface area (Å²) in [6.07, 6.45) is 2.44. The summed E-state index contributed by atoms with van der Waals surface area (Å²) in [5.41, 5.74) is 2.75. The van der Waals surface area contributed by atoms with Gasteiger partial charge in [0.05, 0.1) is 11.1 Å². The van der Waals surface area contributed by atoms with Crippen LogP contribution >= 0.6 is 0 Å². The maximum absolute atomic E-state index is 12.6. The van der Waals surface area contributed by atoms with Gasteiger partial charge >= 0.3 is 11.9 Å². The predicted octanol–water partition coefficient (Wildman–Crippen LogP) is 5.64. The molecule has 3 rings (SSSR count). The second kappa shape index (κ2) is 9.69. The maximum Gasteiger partial charge on any atom is 0.343 e. The minimum atomic E-state index is -0.488. The molecule has 0 atom stereocenters. The van der Waals surface area contributed by atoms with Gasteiger partial charge in [0.1, 0.15) is 0 Å². The smallest absolute Gasteiger partial charge is 0.343 e. The molecule has 0 aromatic heterocycles. The number of hydrogen-bond donors (Lipinski definition) is 0. The zero-order chi connectivity index (χ0) is 20.6. The Morgan fingerprint density at radius 3 is 1.83 bits per heavy atom. The van der Waals surface area contributed by atoms with Crippen LogP contribution in [0.5, 0.6) is 11.5 Å². The number of ether oxygens (including phenoxy) is 2. The molecule has 0 saturated heterocycles. The van der Waals surface area contributed by atoms with Gasteiger partial charge in [-0.15, -0.1) is 0 Å². The van der Waals surface area contributed by atoms with Crippen LogP contribution in [-0.4, -0.2) is 11.9 Å². The molecule has 0 spiro atoms. The molecule has 0 aliphatic carbocycles. The van der Waals surface area contributed by atoms with Gasteiger partial charge in [-0.2, -0.15) is 0 Å². The topological polar surface area (TPSA) is 52.6 Å². The van der Waals surface area contributed by atoms with Gasteiger partial charge in [0, 0.05) is 0 Å². The lowest BCUT2D eigenvalue weighted by molar-refractivity contribution is 0.0681.